The molecule has 1 aromatic carbocycles. The number of nitrogens with one attached hydrogen (secondary N) is 1. The molecule has 1 heterocycles. The van der Waals surface area contributed by atoms with Crippen molar-refractivity contribution >= 4 is 17.1 Å². The monoisotopic (exact) mass is 249 g/mol. The van der Waals surface area contributed by atoms with E-state index in [1.807, 2.05) is 12.1 Å². The molecule has 0 spiro atoms. The average Bonchev–Trinajstić information content (AvgIpc) is 2.57. The Morgan fingerprint density at radius 2 is 1.82 bits per heavy atom. The summed E-state index contributed by atoms with van der Waals surface area (Å²) >= 11 is 0. The smallest absolute Gasteiger partial charge is 0.475 e. The number of benzene rings is 1. The van der Waals surface area contributed by atoms with Gasteiger partial charge in [0.05, 0.1) is 5.52 Å². The van der Waals surface area contributed by atoms with Gasteiger partial charge in [-0.15, -0.1) is 0 Å². The van der Waals surface area contributed by atoms with E-state index in [1.165, 1.54) is 0 Å². The number of oxazole rings is 1. The second kappa shape index (κ2) is 4.73. The normalized spacial score (nSPS) is 10.8. The van der Waals surface area contributed by atoms with Gasteiger partial charge in [-0.05, 0) is 12.1 Å². The lowest BCUT2D eigenvalue weighted by atomic mass is 10.3. The largest absolute Gasteiger partial charge is 0.490 e. The van der Waals surface area contributed by atoms with Gasteiger partial charge in [-0.2, -0.15) is 13.2 Å². The predicted octanol–water partition coefficient (Wildman–Crippen LogP) is 1.75. The van der Waals surface area contributed by atoms with Crippen molar-refractivity contribution in [3.63, 3.8) is 0 Å². The molecule has 2 rings (SSSR count). The van der Waals surface area contributed by atoms with Crippen molar-refractivity contribution in [2.24, 2.45) is 0 Å². The summed E-state index contributed by atoms with van der Waals surface area (Å²) < 4.78 is 36.5. The van der Waals surface area contributed by atoms with E-state index >= 15 is 0 Å². The molecule has 0 unspecified atom stereocenters. The third kappa shape index (κ3) is 3.67. The lowest BCUT2D eigenvalue weighted by Gasteiger charge is -1.93. The average molecular weight is 249 g/mol. The van der Waals surface area contributed by atoms with Crippen molar-refractivity contribution in [3.05, 3.63) is 34.8 Å². The zero-order valence-corrected chi connectivity index (χ0v) is 8.12. The van der Waals surface area contributed by atoms with E-state index in [2.05, 4.69) is 4.98 Å². The van der Waals surface area contributed by atoms with E-state index in [4.69, 9.17) is 14.3 Å². The number of aromatic nitrogens is 1. The topological polar surface area (TPSA) is 83.3 Å². The highest BCUT2D eigenvalue weighted by molar-refractivity contribution is 5.73. The zero-order chi connectivity index (χ0) is 13.1. The first-order valence-electron chi connectivity index (χ1n) is 4.18. The molecule has 8 heteroatoms. The van der Waals surface area contributed by atoms with Crippen molar-refractivity contribution in [2.75, 3.05) is 0 Å². The maximum Gasteiger partial charge on any atom is 0.490 e. The number of aromatic amines is 1. The van der Waals surface area contributed by atoms with Crippen LogP contribution in [0.2, 0.25) is 0 Å². The second-order valence-electron chi connectivity index (χ2n) is 2.81. The number of carbonyl (C=O) groups is 1. The molecule has 17 heavy (non-hydrogen) atoms. The van der Waals surface area contributed by atoms with Gasteiger partial charge in [0.2, 0.25) is 0 Å². The summed E-state index contributed by atoms with van der Waals surface area (Å²) in [6.07, 6.45) is -5.08. The van der Waals surface area contributed by atoms with E-state index in [9.17, 15) is 18.0 Å². The van der Waals surface area contributed by atoms with Gasteiger partial charge in [-0.1, -0.05) is 12.1 Å². The molecule has 0 radical (unpaired) electrons. The number of carboxylic acid groups (broad SMARTS) is 1. The number of hydrogen-bond donors (Lipinski definition) is 2. The summed E-state index contributed by atoms with van der Waals surface area (Å²) in [5.41, 5.74) is 1.35. The van der Waals surface area contributed by atoms with Gasteiger partial charge in [0.1, 0.15) is 0 Å². The minimum Gasteiger partial charge on any atom is -0.475 e. The van der Waals surface area contributed by atoms with E-state index < -0.39 is 17.9 Å². The summed E-state index contributed by atoms with van der Waals surface area (Å²) in [6, 6.07) is 7.19. The molecule has 0 aliphatic carbocycles. The SMILES string of the molecule is O=C(O)C(F)(F)F.O=c1[nH]c2ccccc2o1. The minimum absolute atomic E-state index is 0.402. The fraction of sp³-hybridized carbons (Fsp3) is 0.111. The highest BCUT2D eigenvalue weighted by atomic mass is 19.4. The fourth-order valence-corrected chi connectivity index (χ4v) is 0.894. The Morgan fingerprint density at radius 1 is 1.29 bits per heavy atom. The summed E-state index contributed by atoms with van der Waals surface area (Å²) in [5, 5.41) is 7.12. The van der Waals surface area contributed by atoms with Crippen LogP contribution >= 0.6 is 0 Å². The Hall–Kier alpha value is -2.25. The van der Waals surface area contributed by atoms with Gasteiger partial charge in [0, 0.05) is 0 Å². The quantitative estimate of drug-likeness (QED) is 0.745. The summed E-state index contributed by atoms with van der Waals surface area (Å²) in [5.74, 6) is -3.16. The van der Waals surface area contributed by atoms with Gasteiger partial charge < -0.3 is 9.52 Å². The van der Waals surface area contributed by atoms with Crippen molar-refractivity contribution in [2.45, 2.75) is 6.18 Å². The number of aliphatic carboxylic acids is 1. The number of halogens is 3. The molecule has 0 saturated heterocycles. The molecule has 2 aromatic rings. The van der Waals surface area contributed by atoms with Crippen LogP contribution in [-0.2, 0) is 4.79 Å². The molecule has 5 nitrogen and oxygen atoms in total. The van der Waals surface area contributed by atoms with E-state index in [-0.39, 0.29) is 0 Å². The van der Waals surface area contributed by atoms with Crippen molar-refractivity contribution in [1.82, 2.24) is 4.98 Å². The Bertz CT molecular complexity index is 533. The molecule has 0 aliphatic rings. The lowest BCUT2D eigenvalue weighted by Crippen LogP contribution is -2.21. The molecule has 0 fully saturated rings. The molecule has 92 valence electrons. The van der Waals surface area contributed by atoms with Crippen LogP contribution < -0.4 is 5.76 Å². The summed E-state index contributed by atoms with van der Waals surface area (Å²) in [7, 11) is 0. The second-order valence-corrected chi connectivity index (χ2v) is 2.81. The molecule has 0 bridgehead atoms. The van der Waals surface area contributed by atoms with Crippen LogP contribution in [0.15, 0.2) is 33.5 Å². The highest BCUT2D eigenvalue weighted by Crippen LogP contribution is 2.13. The molecule has 0 atom stereocenters. The van der Waals surface area contributed by atoms with Crippen LogP contribution in [-0.4, -0.2) is 22.2 Å². The Labute approximate surface area is 91.5 Å². The summed E-state index contributed by atoms with van der Waals surface area (Å²) in [6.45, 7) is 0. The van der Waals surface area contributed by atoms with Crippen molar-refractivity contribution in [3.8, 4) is 0 Å². The number of hydrogen-bond acceptors (Lipinski definition) is 3. The standard InChI is InChI=1S/C7H5NO2.C2HF3O2/c9-7-8-5-3-1-2-4-6(5)10-7;3-2(4,5)1(6)7/h1-4H,(H,8,9);(H,6,7). The van der Waals surface area contributed by atoms with E-state index in [0.29, 0.717) is 5.58 Å². The number of carboxylic acids is 1. The van der Waals surface area contributed by atoms with Crippen molar-refractivity contribution in [1.29, 1.82) is 0 Å². The number of H-pyrrole nitrogens is 1. The van der Waals surface area contributed by atoms with Crippen LogP contribution in [0.5, 0.6) is 0 Å². The Morgan fingerprint density at radius 3 is 2.29 bits per heavy atom. The third-order valence-electron chi connectivity index (χ3n) is 1.57. The van der Waals surface area contributed by atoms with Gasteiger partial charge in [-0.25, -0.2) is 9.59 Å². The highest BCUT2D eigenvalue weighted by Gasteiger charge is 2.38. The van der Waals surface area contributed by atoms with Crippen LogP contribution in [0.1, 0.15) is 0 Å². The van der Waals surface area contributed by atoms with E-state index in [0.717, 1.165) is 5.52 Å². The third-order valence-corrected chi connectivity index (χ3v) is 1.57. The first-order chi connectivity index (χ1) is 7.80. The van der Waals surface area contributed by atoms with Crippen LogP contribution in [0.25, 0.3) is 11.1 Å². The first-order valence-corrected chi connectivity index (χ1v) is 4.18. The number of alkyl halides is 3. The summed E-state index contributed by atoms with van der Waals surface area (Å²) in [4.78, 5) is 22.0. The molecule has 0 aliphatic heterocycles. The number of para-hydroxylation sites is 2. The molecule has 0 saturated carbocycles. The predicted molar refractivity (Wildman–Crippen MR) is 50.5 cm³/mol. The van der Waals surface area contributed by atoms with Gasteiger partial charge in [0.15, 0.2) is 5.58 Å². The van der Waals surface area contributed by atoms with Crippen LogP contribution in [0.4, 0.5) is 13.2 Å². The van der Waals surface area contributed by atoms with E-state index in [1.54, 1.807) is 12.1 Å². The molecular formula is C9H6F3NO4. The number of fused-ring (bicyclic) bond motifs is 1. The van der Waals surface area contributed by atoms with Crippen LogP contribution in [0.3, 0.4) is 0 Å². The maximum atomic E-state index is 10.6. The molecule has 2 N–H and O–H groups in total. The molecule has 0 amide bonds. The van der Waals surface area contributed by atoms with Crippen molar-refractivity contribution < 1.29 is 27.5 Å². The zero-order valence-electron chi connectivity index (χ0n) is 8.12. The molecule has 1 aromatic heterocycles. The van der Waals surface area contributed by atoms with Gasteiger partial charge in [-0.3, -0.25) is 4.98 Å². The Balaban J connectivity index is 0.000000185. The van der Waals surface area contributed by atoms with Crippen LogP contribution in [0, 0.1) is 0 Å². The van der Waals surface area contributed by atoms with Gasteiger partial charge >= 0.3 is 17.9 Å². The minimum atomic E-state index is -5.08. The maximum absolute atomic E-state index is 10.6. The lowest BCUT2D eigenvalue weighted by molar-refractivity contribution is -0.192. The fourth-order valence-electron chi connectivity index (χ4n) is 0.894. The first kappa shape index (κ1) is 12.8. The van der Waals surface area contributed by atoms with Gasteiger partial charge in [0.25, 0.3) is 0 Å². The molecular weight excluding hydrogens is 243 g/mol. The number of rotatable bonds is 0. The Kier molecular flexibility index (Phi) is 3.56.